The maximum Gasteiger partial charge on any atom is 0.270 e. The molecule has 4 aliphatic rings. The quantitative estimate of drug-likeness (QED) is 0.292. The van der Waals surface area contributed by atoms with E-state index in [0.29, 0.717) is 0 Å². The van der Waals surface area contributed by atoms with Crippen molar-refractivity contribution < 1.29 is 23.1 Å². The van der Waals surface area contributed by atoms with E-state index in [1.54, 1.807) is 17.0 Å². The molecule has 1 amide bonds. The highest BCUT2D eigenvalue weighted by molar-refractivity contribution is 7.99. The Balaban J connectivity index is 1.40. The highest BCUT2D eigenvalue weighted by Crippen LogP contribution is 2.54. The van der Waals surface area contributed by atoms with Crippen molar-refractivity contribution in [3.05, 3.63) is 64.0 Å². The number of Topliss-reactive ketones (excluding diaryl/α,β-unsaturated/α-hetero) is 1. The first-order valence-electron chi connectivity index (χ1n) is 11.8. The number of likely N-dealkylation sites (tertiary alicyclic amines) is 1. The Morgan fingerprint density at radius 3 is 2.61 bits per heavy atom. The molecule has 2 aliphatic carbocycles. The van der Waals surface area contributed by atoms with Gasteiger partial charge in [-0.05, 0) is 60.7 Å². The number of hydrogen-bond acceptors (Lipinski definition) is 6. The lowest BCUT2D eigenvalue weighted by Crippen LogP contribution is -2.61. The Labute approximate surface area is 206 Å². The molecule has 1 saturated heterocycles. The fraction of sp³-hybridized carbons (Fsp3) is 0.360. The highest BCUT2D eigenvalue weighted by atomic mass is 32.2. The molecule has 11 heteroatoms. The minimum atomic E-state index is -3.40. The van der Waals surface area contributed by atoms with Crippen LogP contribution in [0.3, 0.4) is 0 Å². The lowest BCUT2D eigenvalue weighted by atomic mass is 9.73. The number of non-ortho nitro benzene ring substituents is 1. The van der Waals surface area contributed by atoms with Gasteiger partial charge >= 0.3 is 0 Å². The van der Waals surface area contributed by atoms with Gasteiger partial charge in [0, 0.05) is 30.6 Å². The van der Waals surface area contributed by atoms with Crippen molar-refractivity contribution in [3.63, 3.8) is 0 Å². The van der Waals surface area contributed by atoms with Crippen LogP contribution in [0.1, 0.15) is 24.8 Å². The van der Waals surface area contributed by atoms with Crippen LogP contribution >= 0.6 is 0 Å². The number of ketones is 1. The van der Waals surface area contributed by atoms with E-state index in [4.69, 9.17) is 0 Å². The number of amidine groups is 1. The second-order valence-electron chi connectivity index (χ2n) is 9.96. The number of amides is 1. The molecule has 2 aliphatic heterocycles. The maximum absolute atomic E-state index is 13.9. The predicted octanol–water partition coefficient (Wildman–Crippen LogP) is 3.19. The molecule has 1 N–H and O–H groups in total. The summed E-state index contributed by atoms with van der Waals surface area (Å²) in [6.45, 7) is 0.225. The molecule has 3 fully saturated rings. The number of halogens is 1. The average molecular weight is 511 g/mol. The third-order valence-electron chi connectivity index (χ3n) is 7.94. The Bertz CT molecular complexity index is 1460. The van der Waals surface area contributed by atoms with Crippen LogP contribution in [0.4, 0.5) is 15.8 Å². The third-order valence-corrected chi connectivity index (χ3v) is 9.46. The number of hydrogen-bond donors (Lipinski definition) is 1. The van der Waals surface area contributed by atoms with Gasteiger partial charge in [-0.25, -0.2) is 8.60 Å². The Hall–Kier alpha value is -3.60. The van der Waals surface area contributed by atoms with Crippen molar-refractivity contribution in [3.8, 4) is 0 Å². The fourth-order valence-corrected chi connectivity index (χ4v) is 7.78. The standard InChI is InChI=1S/C25H23FN4O5S/c1-36(35)19-11-17(30(33)34)8-9-18(19)27-24(28-36)21-23(31)20-14-4-5-15(10-14)22(20)29(25(21)32)12-13-2-6-16(26)7-3-13/h2-3,6-9,11,14-15,20-22H,1,4-5,10,12H2,(H,27,28,35)/t14-,15+,20+,21?,22-,36?/m0/s1. The van der Waals surface area contributed by atoms with E-state index in [-0.39, 0.29) is 64.0 Å². The molecule has 2 saturated carbocycles. The zero-order valence-electron chi connectivity index (χ0n) is 19.1. The summed E-state index contributed by atoms with van der Waals surface area (Å²) < 4.78 is 31.1. The van der Waals surface area contributed by atoms with Gasteiger partial charge in [-0.15, -0.1) is 0 Å². The number of nitrogens with zero attached hydrogens (tertiary/aromatic N) is 3. The van der Waals surface area contributed by atoms with E-state index in [9.17, 15) is 28.3 Å². The summed E-state index contributed by atoms with van der Waals surface area (Å²) in [4.78, 5) is 40.0. The molecule has 2 heterocycles. The first kappa shape index (κ1) is 22.8. The van der Waals surface area contributed by atoms with Crippen LogP contribution in [0.15, 0.2) is 51.8 Å². The van der Waals surface area contributed by atoms with E-state index in [1.807, 2.05) is 0 Å². The normalized spacial score (nSPS) is 32.5. The molecular weight excluding hydrogens is 487 g/mol. The molecule has 2 aromatic rings. The first-order valence-corrected chi connectivity index (χ1v) is 13.4. The number of nitrogens with one attached hydrogen (secondary N) is 1. The van der Waals surface area contributed by atoms with Crippen molar-refractivity contribution in [1.82, 2.24) is 4.90 Å². The van der Waals surface area contributed by atoms with E-state index in [0.717, 1.165) is 30.9 Å². The van der Waals surface area contributed by atoms with E-state index < -0.39 is 26.5 Å². The zero-order chi connectivity index (χ0) is 25.4. The minimum Gasteiger partial charge on any atom is -0.341 e. The molecule has 2 unspecified atom stereocenters. The van der Waals surface area contributed by atoms with Gasteiger partial charge in [0.05, 0.1) is 25.2 Å². The van der Waals surface area contributed by atoms with Gasteiger partial charge in [-0.3, -0.25) is 19.7 Å². The summed E-state index contributed by atoms with van der Waals surface area (Å²) in [6.07, 6.45) is 2.75. The number of anilines is 1. The van der Waals surface area contributed by atoms with Gasteiger partial charge < -0.3 is 10.2 Å². The number of fused-ring (bicyclic) bond motifs is 6. The van der Waals surface area contributed by atoms with Gasteiger partial charge in [0.25, 0.3) is 5.69 Å². The monoisotopic (exact) mass is 510 g/mol. The van der Waals surface area contributed by atoms with Crippen molar-refractivity contribution in [2.75, 3.05) is 5.32 Å². The molecule has 2 aromatic carbocycles. The van der Waals surface area contributed by atoms with Crippen LogP contribution in [0, 0.1) is 39.6 Å². The molecular formula is C25H23FN4O5S. The molecule has 186 valence electrons. The fourth-order valence-electron chi connectivity index (χ4n) is 6.44. The molecule has 0 radical (unpaired) electrons. The van der Waals surface area contributed by atoms with Crippen molar-refractivity contribution in [1.29, 1.82) is 0 Å². The van der Waals surface area contributed by atoms with Crippen molar-refractivity contribution in [2.45, 2.75) is 36.7 Å². The van der Waals surface area contributed by atoms with Crippen LogP contribution in [0.2, 0.25) is 0 Å². The van der Waals surface area contributed by atoms with Crippen LogP contribution in [0.25, 0.3) is 0 Å². The molecule has 2 bridgehead atoms. The van der Waals surface area contributed by atoms with Crippen LogP contribution < -0.4 is 5.32 Å². The van der Waals surface area contributed by atoms with Gasteiger partial charge in [0.2, 0.25) is 5.91 Å². The number of carbonyl (C=O) groups excluding carboxylic acids is 2. The largest absolute Gasteiger partial charge is 0.341 e. The number of rotatable bonds is 4. The Morgan fingerprint density at radius 2 is 1.89 bits per heavy atom. The molecule has 6 rings (SSSR count). The number of piperidine rings is 1. The smallest absolute Gasteiger partial charge is 0.270 e. The predicted molar refractivity (Wildman–Crippen MR) is 131 cm³/mol. The SMILES string of the molecule is C=S1(=O)N=C(C2C(=O)[C@@H]3[C@H]4CC[C@H](C4)[C@@H]3N(Cc3ccc(F)cc3)C2=O)Nc2ccc([N+](=O)[O-])cc21. The number of benzene rings is 2. The van der Waals surface area contributed by atoms with Gasteiger partial charge in [0.15, 0.2) is 11.7 Å². The molecule has 0 spiro atoms. The molecule has 0 aromatic heterocycles. The maximum atomic E-state index is 13.9. The van der Waals surface area contributed by atoms with E-state index in [1.165, 1.54) is 24.3 Å². The summed E-state index contributed by atoms with van der Waals surface area (Å²) in [5, 5.41) is 14.1. The van der Waals surface area contributed by atoms with Crippen molar-refractivity contribution in [2.24, 2.45) is 28.1 Å². The van der Waals surface area contributed by atoms with E-state index >= 15 is 0 Å². The Kier molecular flexibility index (Phi) is 5.05. The molecule has 36 heavy (non-hydrogen) atoms. The van der Waals surface area contributed by atoms with Gasteiger partial charge in [-0.2, -0.15) is 4.40 Å². The topological polar surface area (TPSA) is 122 Å². The lowest BCUT2D eigenvalue weighted by Gasteiger charge is -2.46. The number of nitro groups is 1. The summed E-state index contributed by atoms with van der Waals surface area (Å²) in [5.41, 5.74) is 0.758. The number of nitro benzene ring substituents is 1. The van der Waals surface area contributed by atoms with Crippen LogP contribution in [-0.2, 0) is 25.8 Å². The first-order chi connectivity index (χ1) is 17.1. The van der Waals surface area contributed by atoms with Crippen molar-refractivity contribution >= 4 is 44.5 Å². The average Bonchev–Trinajstić information content (AvgIpc) is 3.45. The van der Waals surface area contributed by atoms with E-state index in [2.05, 4.69) is 15.6 Å². The second-order valence-corrected chi connectivity index (χ2v) is 11.9. The highest BCUT2D eigenvalue weighted by Gasteiger charge is 2.60. The minimum absolute atomic E-state index is 0.0447. The summed E-state index contributed by atoms with van der Waals surface area (Å²) in [6, 6.07) is 9.49. The summed E-state index contributed by atoms with van der Waals surface area (Å²) in [7, 11) is -3.40. The second kappa shape index (κ2) is 7.95. The lowest BCUT2D eigenvalue weighted by molar-refractivity contribution is -0.385. The number of carbonyl (C=O) groups is 2. The summed E-state index contributed by atoms with van der Waals surface area (Å²) in [5.74, 6) is 1.34. The van der Waals surface area contributed by atoms with Crippen LogP contribution in [-0.4, -0.2) is 43.5 Å². The zero-order valence-corrected chi connectivity index (χ0v) is 19.9. The molecule has 6 atom stereocenters. The van der Waals surface area contributed by atoms with Gasteiger partial charge in [0.1, 0.15) is 11.7 Å². The summed E-state index contributed by atoms with van der Waals surface area (Å²) >= 11 is 0. The third kappa shape index (κ3) is 3.44. The Morgan fingerprint density at radius 1 is 1.17 bits per heavy atom. The van der Waals surface area contributed by atoms with Gasteiger partial charge in [-0.1, -0.05) is 12.1 Å². The van der Waals surface area contributed by atoms with Crippen LogP contribution in [0.5, 0.6) is 0 Å². The molecule has 9 nitrogen and oxygen atoms in total.